The highest BCUT2D eigenvalue weighted by Crippen LogP contribution is 2.44. The maximum Gasteiger partial charge on any atom is 0.407 e. The number of esters is 1. The van der Waals surface area contributed by atoms with Crippen LogP contribution in [0.4, 0.5) is 4.79 Å². The molecule has 222 valence electrons. The summed E-state index contributed by atoms with van der Waals surface area (Å²) in [7, 11) is -2.50. The first-order valence-corrected chi connectivity index (χ1v) is 16.4. The molecule has 0 aliphatic rings. The van der Waals surface area contributed by atoms with E-state index in [-0.39, 0.29) is 35.6 Å². The van der Waals surface area contributed by atoms with Crippen LogP contribution in [0.5, 0.6) is 0 Å². The third kappa shape index (κ3) is 9.94. The predicted molar refractivity (Wildman–Crippen MR) is 156 cm³/mol. The molecule has 4 atom stereocenters. The van der Waals surface area contributed by atoms with Gasteiger partial charge in [0.2, 0.25) is 14.4 Å². The summed E-state index contributed by atoms with van der Waals surface area (Å²) >= 11 is 0. The van der Waals surface area contributed by atoms with Crippen molar-refractivity contribution in [3.05, 3.63) is 35.9 Å². The summed E-state index contributed by atoms with van der Waals surface area (Å²) in [4.78, 5) is 37.9. The summed E-state index contributed by atoms with van der Waals surface area (Å²) in [6.45, 7) is 20.4. The molecule has 0 fully saturated rings. The third-order valence-electron chi connectivity index (χ3n) is 7.69. The van der Waals surface area contributed by atoms with Crippen LogP contribution in [0.2, 0.25) is 16.6 Å². The SMILES string of the molecule is CC[C@@H](C)[C@H](NC(=O)OCc1ccccc1)[C@H](CC(=O)O[C@H](C(=O)O)C(C)C)O[Si](C(C)C)(C(C)C)C(C)C. The highest BCUT2D eigenvalue weighted by atomic mass is 28.4. The van der Waals surface area contributed by atoms with Crippen molar-refractivity contribution in [2.24, 2.45) is 11.8 Å². The Hall–Kier alpha value is -2.39. The van der Waals surface area contributed by atoms with E-state index < -0.39 is 50.5 Å². The molecule has 8 nitrogen and oxygen atoms in total. The van der Waals surface area contributed by atoms with Crippen molar-refractivity contribution < 1.29 is 33.4 Å². The van der Waals surface area contributed by atoms with E-state index in [1.165, 1.54) is 0 Å². The lowest BCUT2D eigenvalue weighted by Crippen LogP contribution is -2.57. The maximum atomic E-state index is 13.2. The highest BCUT2D eigenvalue weighted by molar-refractivity contribution is 6.77. The lowest BCUT2D eigenvalue weighted by atomic mass is 9.93. The first-order valence-electron chi connectivity index (χ1n) is 14.2. The first kappa shape index (κ1) is 34.6. The van der Waals surface area contributed by atoms with E-state index in [1.807, 2.05) is 44.2 Å². The standard InChI is InChI=1S/C30H51NO7Si/c1-11-23(10)27(31-30(35)36-18-24-15-13-12-14-16-24)25(17-26(32)37-28(19(2)3)29(33)34)38-39(20(4)5,21(6)7)22(8)9/h12-16,19-23,25,27-28H,11,17-18H2,1-10H3,(H,31,35)(H,33,34)/t23-,25+,27+,28+/m1/s1. The Labute approximate surface area is 236 Å². The monoisotopic (exact) mass is 565 g/mol. The fourth-order valence-corrected chi connectivity index (χ4v) is 11.1. The summed E-state index contributed by atoms with van der Waals surface area (Å²) in [5, 5.41) is 12.6. The summed E-state index contributed by atoms with van der Waals surface area (Å²) in [5.74, 6) is -2.29. The molecule has 1 amide bonds. The molecule has 1 aromatic rings. The highest BCUT2D eigenvalue weighted by Gasteiger charge is 2.49. The molecular formula is C30H51NO7Si. The van der Waals surface area contributed by atoms with Gasteiger partial charge in [0.05, 0.1) is 18.6 Å². The quantitative estimate of drug-likeness (QED) is 0.165. The van der Waals surface area contributed by atoms with Crippen LogP contribution in [-0.2, 0) is 30.1 Å². The van der Waals surface area contributed by atoms with Crippen molar-refractivity contribution in [3.8, 4) is 0 Å². The van der Waals surface area contributed by atoms with Gasteiger partial charge in [-0.05, 0) is 28.1 Å². The van der Waals surface area contributed by atoms with Crippen LogP contribution < -0.4 is 5.32 Å². The summed E-state index contributed by atoms with van der Waals surface area (Å²) in [6.07, 6.45) is -2.01. The molecule has 0 heterocycles. The molecule has 0 saturated carbocycles. The van der Waals surface area contributed by atoms with Gasteiger partial charge in [-0.15, -0.1) is 0 Å². The van der Waals surface area contributed by atoms with Gasteiger partial charge in [0, 0.05) is 5.92 Å². The van der Waals surface area contributed by atoms with E-state index >= 15 is 0 Å². The fraction of sp³-hybridized carbons (Fsp3) is 0.700. The minimum atomic E-state index is -2.50. The van der Waals surface area contributed by atoms with Gasteiger partial charge in [-0.1, -0.05) is 106 Å². The Kier molecular flexibility index (Phi) is 14.2. The van der Waals surface area contributed by atoms with Crippen LogP contribution >= 0.6 is 0 Å². The van der Waals surface area contributed by atoms with Crippen LogP contribution in [0.15, 0.2) is 30.3 Å². The minimum absolute atomic E-state index is 0.0503. The lowest BCUT2D eigenvalue weighted by molar-refractivity contribution is -0.168. The zero-order valence-electron chi connectivity index (χ0n) is 25.5. The average molecular weight is 566 g/mol. The Morgan fingerprint density at radius 2 is 1.44 bits per heavy atom. The molecule has 39 heavy (non-hydrogen) atoms. The zero-order valence-corrected chi connectivity index (χ0v) is 26.5. The number of nitrogens with one attached hydrogen (secondary N) is 1. The molecule has 0 aliphatic heterocycles. The smallest absolute Gasteiger partial charge is 0.407 e. The molecule has 2 N–H and O–H groups in total. The number of carboxylic acid groups (broad SMARTS) is 1. The molecule has 1 aromatic carbocycles. The predicted octanol–water partition coefficient (Wildman–Crippen LogP) is 6.93. The number of carboxylic acids is 1. The van der Waals surface area contributed by atoms with Gasteiger partial charge < -0.3 is 24.3 Å². The molecule has 0 radical (unpaired) electrons. The van der Waals surface area contributed by atoms with E-state index in [4.69, 9.17) is 13.9 Å². The van der Waals surface area contributed by atoms with Crippen molar-refractivity contribution in [1.82, 2.24) is 5.32 Å². The molecule has 1 rings (SSSR count). The number of aliphatic carboxylic acids is 1. The number of carbonyl (C=O) groups excluding carboxylic acids is 2. The van der Waals surface area contributed by atoms with Crippen LogP contribution in [0.3, 0.4) is 0 Å². The maximum absolute atomic E-state index is 13.2. The minimum Gasteiger partial charge on any atom is -0.478 e. The van der Waals surface area contributed by atoms with Gasteiger partial charge in [0.1, 0.15) is 6.61 Å². The summed E-state index contributed by atoms with van der Waals surface area (Å²) in [6, 6.07) is 8.86. The average Bonchev–Trinajstić information content (AvgIpc) is 2.86. The van der Waals surface area contributed by atoms with E-state index in [9.17, 15) is 19.5 Å². The second-order valence-electron chi connectivity index (χ2n) is 11.8. The molecule has 0 spiro atoms. The van der Waals surface area contributed by atoms with Gasteiger partial charge in [0.25, 0.3) is 0 Å². The van der Waals surface area contributed by atoms with Crippen molar-refractivity contribution >= 4 is 26.3 Å². The molecule has 0 unspecified atom stereocenters. The van der Waals surface area contributed by atoms with E-state index in [0.29, 0.717) is 0 Å². The Balaban J connectivity index is 3.38. The number of rotatable bonds is 16. The molecule has 0 aliphatic carbocycles. The second kappa shape index (κ2) is 16.0. The number of hydrogen-bond acceptors (Lipinski definition) is 6. The number of carbonyl (C=O) groups is 3. The fourth-order valence-electron chi connectivity index (χ4n) is 5.49. The molecule has 9 heteroatoms. The largest absolute Gasteiger partial charge is 0.478 e. The van der Waals surface area contributed by atoms with Crippen LogP contribution in [0.1, 0.15) is 87.6 Å². The van der Waals surface area contributed by atoms with Crippen LogP contribution in [-0.4, -0.2) is 49.7 Å². The summed E-state index contributed by atoms with van der Waals surface area (Å²) in [5.41, 5.74) is 1.58. The Morgan fingerprint density at radius 1 is 0.897 bits per heavy atom. The van der Waals surface area contributed by atoms with E-state index in [1.54, 1.807) is 13.8 Å². The van der Waals surface area contributed by atoms with E-state index in [2.05, 4.69) is 46.9 Å². The van der Waals surface area contributed by atoms with Gasteiger partial charge in [-0.3, -0.25) is 4.79 Å². The molecule has 0 bridgehead atoms. The van der Waals surface area contributed by atoms with Crippen molar-refractivity contribution in [3.63, 3.8) is 0 Å². The van der Waals surface area contributed by atoms with Gasteiger partial charge in [-0.25, -0.2) is 9.59 Å². The van der Waals surface area contributed by atoms with E-state index in [0.717, 1.165) is 12.0 Å². The number of benzene rings is 1. The second-order valence-corrected chi connectivity index (χ2v) is 17.2. The Morgan fingerprint density at radius 3 is 1.87 bits per heavy atom. The third-order valence-corrected chi connectivity index (χ3v) is 13.8. The van der Waals surface area contributed by atoms with Gasteiger partial charge >= 0.3 is 18.0 Å². The molecule has 0 saturated heterocycles. The normalized spacial score (nSPS) is 15.2. The topological polar surface area (TPSA) is 111 Å². The summed E-state index contributed by atoms with van der Waals surface area (Å²) < 4.78 is 18.0. The first-order chi connectivity index (χ1) is 18.2. The van der Waals surface area contributed by atoms with Crippen molar-refractivity contribution in [1.29, 1.82) is 0 Å². The van der Waals surface area contributed by atoms with Gasteiger partial charge in [-0.2, -0.15) is 0 Å². The van der Waals surface area contributed by atoms with Crippen molar-refractivity contribution in [2.45, 2.75) is 124 Å². The number of amides is 1. The van der Waals surface area contributed by atoms with Gasteiger partial charge in [0.15, 0.2) is 0 Å². The van der Waals surface area contributed by atoms with Crippen LogP contribution in [0, 0.1) is 11.8 Å². The molecule has 0 aromatic heterocycles. The zero-order chi connectivity index (χ0) is 29.9. The lowest BCUT2D eigenvalue weighted by Gasteiger charge is -2.46. The number of hydrogen-bond donors (Lipinski definition) is 2. The molecular weight excluding hydrogens is 514 g/mol. The number of alkyl carbamates (subject to hydrolysis) is 1. The van der Waals surface area contributed by atoms with Crippen molar-refractivity contribution in [2.75, 3.05) is 0 Å². The number of ether oxygens (including phenoxy) is 2. The van der Waals surface area contributed by atoms with Crippen LogP contribution in [0.25, 0.3) is 0 Å². The Bertz CT molecular complexity index is 882.